The molecule has 0 amide bonds. The second-order valence-corrected chi connectivity index (χ2v) is 23.3. The summed E-state index contributed by atoms with van der Waals surface area (Å²) in [6, 6.07) is 0. The van der Waals surface area contributed by atoms with Gasteiger partial charge < -0.3 is 84.6 Å². The quantitative estimate of drug-likeness (QED) is 0.0833. The van der Waals surface area contributed by atoms with Gasteiger partial charge in [-0.25, -0.2) is 0 Å². The fourth-order valence-electron chi connectivity index (χ4n) is 15.0. The predicted molar refractivity (Wildman–Crippen MR) is 230 cm³/mol. The first-order valence-electron chi connectivity index (χ1n) is 24.3. The van der Waals surface area contributed by atoms with Gasteiger partial charge in [0, 0.05) is 5.41 Å². The Bertz CT molecular complexity index is 1800. The SMILES string of the molecule is CC1OC(OC2CCC3(C)C(CCC4(C)C3CC=C3C5CC(C)(C)CCC5(C(=O)OC5OC(CO)C(O)C(O)C5O)CCC34C)C2(C)CO)C(O)C(OC2OC(CO)C(O)C(O)C2O)C1O. The van der Waals surface area contributed by atoms with Gasteiger partial charge in [-0.3, -0.25) is 4.79 Å². The van der Waals surface area contributed by atoms with E-state index < -0.39 is 128 Å². The fraction of sp³-hybridized carbons (Fsp3) is 0.938. The molecule has 3 saturated heterocycles. The van der Waals surface area contributed by atoms with Gasteiger partial charge in [-0.15, -0.1) is 0 Å². The number of aliphatic hydroxyl groups is 11. The summed E-state index contributed by atoms with van der Waals surface area (Å²) in [6.45, 7) is 13.7. The second kappa shape index (κ2) is 18.0. The van der Waals surface area contributed by atoms with Crippen LogP contribution in [0.5, 0.6) is 0 Å². The molecule has 8 aliphatic rings. The molecule has 7 fully saturated rings. The number of carbonyl (C=O) groups is 1. The van der Waals surface area contributed by atoms with Crippen molar-refractivity contribution in [1.29, 1.82) is 0 Å². The molecule has 4 saturated carbocycles. The van der Waals surface area contributed by atoms with Gasteiger partial charge in [0.15, 0.2) is 12.6 Å². The molecule has 66 heavy (non-hydrogen) atoms. The first-order chi connectivity index (χ1) is 30.9. The summed E-state index contributed by atoms with van der Waals surface area (Å²) in [7, 11) is 0. The molecular weight excluding hydrogens is 865 g/mol. The lowest BCUT2D eigenvalue weighted by molar-refractivity contribution is -0.367. The molecule has 0 spiro atoms. The highest BCUT2D eigenvalue weighted by atomic mass is 16.7. The first kappa shape index (κ1) is 50.9. The summed E-state index contributed by atoms with van der Waals surface area (Å²) >= 11 is 0. The number of rotatable bonds is 9. The average molecular weight is 943 g/mol. The van der Waals surface area contributed by atoms with Crippen LogP contribution in [0.2, 0.25) is 0 Å². The smallest absolute Gasteiger partial charge is 0.315 e. The van der Waals surface area contributed by atoms with Crippen molar-refractivity contribution in [2.24, 2.45) is 50.2 Å². The number of aliphatic hydroxyl groups excluding tert-OH is 11. The number of allylic oxidation sites excluding steroid dienone is 2. The van der Waals surface area contributed by atoms with Crippen LogP contribution in [0.4, 0.5) is 0 Å². The van der Waals surface area contributed by atoms with Crippen molar-refractivity contribution >= 4 is 5.97 Å². The number of fused-ring (bicyclic) bond motifs is 7. The molecule has 378 valence electrons. The van der Waals surface area contributed by atoms with Crippen LogP contribution < -0.4 is 0 Å². The molecule has 18 heteroatoms. The zero-order valence-electron chi connectivity index (χ0n) is 39.5. The largest absolute Gasteiger partial charge is 0.432 e. The van der Waals surface area contributed by atoms with Crippen LogP contribution in [-0.2, 0) is 33.2 Å². The monoisotopic (exact) mass is 943 g/mol. The third-order valence-corrected chi connectivity index (χ3v) is 19.4. The summed E-state index contributed by atoms with van der Waals surface area (Å²) in [4.78, 5) is 14.7. The maximum absolute atomic E-state index is 14.7. The van der Waals surface area contributed by atoms with E-state index in [0.717, 1.165) is 38.5 Å². The number of ether oxygens (including phenoxy) is 6. The standard InChI is InChI=1S/C48H78O18/c1-22-30(52)38(65-39-35(57)33(55)31(53)25(19-49)62-39)37(59)41(61-22)64-29-11-12-44(4)27(45(29,5)21-51)10-13-47(7)28(44)9-8-23-24-18-43(2,3)14-16-48(24,17-15-46(23,47)6)42(60)66-40-36(58)34(56)32(54)26(20-50)63-40/h8,22,24-41,49-59H,9-21H2,1-7H3. The van der Waals surface area contributed by atoms with Crippen LogP contribution in [0.15, 0.2) is 11.6 Å². The van der Waals surface area contributed by atoms with E-state index in [1.165, 1.54) is 5.57 Å². The molecule has 3 heterocycles. The normalized spacial score (nSPS) is 54.8. The van der Waals surface area contributed by atoms with Crippen LogP contribution in [0.25, 0.3) is 0 Å². The lowest BCUT2D eigenvalue weighted by Gasteiger charge is -2.71. The van der Waals surface area contributed by atoms with Crippen molar-refractivity contribution in [3.8, 4) is 0 Å². The fourth-order valence-corrected chi connectivity index (χ4v) is 15.0. The lowest BCUT2D eigenvalue weighted by atomic mass is 9.33. The van der Waals surface area contributed by atoms with Gasteiger partial charge in [0.1, 0.15) is 67.1 Å². The molecule has 11 N–H and O–H groups in total. The van der Waals surface area contributed by atoms with Gasteiger partial charge in [0.25, 0.3) is 0 Å². The second-order valence-electron chi connectivity index (χ2n) is 23.3. The van der Waals surface area contributed by atoms with Gasteiger partial charge >= 0.3 is 5.97 Å². The summed E-state index contributed by atoms with van der Waals surface area (Å²) in [5.74, 6) is -0.487. The number of hydrogen-bond donors (Lipinski definition) is 11. The van der Waals surface area contributed by atoms with Gasteiger partial charge in [-0.05, 0) is 111 Å². The molecule has 24 atom stereocenters. The maximum Gasteiger partial charge on any atom is 0.315 e. The maximum atomic E-state index is 14.7. The van der Waals surface area contributed by atoms with Crippen molar-refractivity contribution < 1.29 is 89.4 Å². The van der Waals surface area contributed by atoms with Gasteiger partial charge in [0.2, 0.25) is 6.29 Å². The summed E-state index contributed by atoms with van der Waals surface area (Å²) < 4.78 is 35.8. The Morgan fingerprint density at radius 2 is 1.24 bits per heavy atom. The number of hydrogen-bond acceptors (Lipinski definition) is 18. The molecule has 0 aromatic rings. The molecule has 24 unspecified atom stereocenters. The predicted octanol–water partition coefficient (Wildman–Crippen LogP) is 0.141. The Morgan fingerprint density at radius 1 is 0.652 bits per heavy atom. The molecule has 18 nitrogen and oxygen atoms in total. The molecule has 5 aliphatic carbocycles. The minimum atomic E-state index is -1.76. The topological polar surface area (TPSA) is 295 Å². The van der Waals surface area contributed by atoms with Crippen LogP contribution in [-0.4, -0.2) is 180 Å². The summed E-state index contributed by atoms with van der Waals surface area (Å²) in [6.07, 6.45) is -13.6. The highest BCUT2D eigenvalue weighted by molar-refractivity contribution is 5.79. The van der Waals surface area contributed by atoms with Gasteiger partial charge in [0.05, 0.1) is 37.4 Å². The van der Waals surface area contributed by atoms with E-state index in [2.05, 4.69) is 40.7 Å². The van der Waals surface area contributed by atoms with E-state index in [1.807, 2.05) is 6.92 Å². The number of carbonyl (C=O) groups excluding carboxylic acids is 1. The van der Waals surface area contributed by atoms with Crippen LogP contribution >= 0.6 is 0 Å². The summed E-state index contributed by atoms with van der Waals surface area (Å²) in [5, 5.41) is 117. The zero-order chi connectivity index (χ0) is 48.3. The third kappa shape index (κ3) is 7.78. The molecular formula is C48H78O18. The molecule has 0 radical (unpaired) electrons. The lowest BCUT2D eigenvalue weighted by Crippen LogP contribution is -2.67. The van der Waals surface area contributed by atoms with Crippen molar-refractivity contribution in [2.45, 2.75) is 211 Å². The van der Waals surface area contributed by atoms with Gasteiger partial charge in [-0.1, -0.05) is 53.2 Å². The van der Waals surface area contributed by atoms with E-state index in [0.29, 0.717) is 25.7 Å². The van der Waals surface area contributed by atoms with E-state index in [9.17, 15) is 61.0 Å². The Labute approximate surface area is 387 Å². The van der Waals surface area contributed by atoms with Gasteiger partial charge in [-0.2, -0.15) is 0 Å². The third-order valence-electron chi connectivity index (χ3n) is 19.4. The van der Waals surface area contributed by atoms with E-state index in [-0.39, 0.29) is 46.0 Å². The van der Waals surface area contributed by atoms with E-state index in [4.69, 9.17) is 28.4 Å². The average Bonchev–Trinajstić information content (AvgIpc) is 3.27. The minimum absolute atomic E-state index is 0.0138. The highest BCUT2D eigenvalue weighted by Gasteiger charge is 2.70. The molecule has 8 rings (SSSR count). The Morgan fingerprint density at radius 3 is 1.86 bits per heavy atom. The van der Waals surface area contributed by atoms with E-state index >= 15 is 0 Å². The molecule has 3 aliphatic heterocycles. The number of esters is 1. The first-order valence-corrected chi connectivity index (χ1v) is 24.3. The van der Waals surface area contributed by atoms with Crippen LogP contribution in [0, 0.1) is 50.2 Å². The Hall–Kier alpha value is -1.43. The zero-order valence-corrected chi connectivity index (χ0v) is 39.5. The van der Waals surface area contributed by atoms with Crippen molar-refractivity contribution in [3.05, 3.63) is 11.6 Å². The molecule has 0 aromatic heterocycles. The Kier molecular flexibility index (Phi) is 13.9. The Balaban J connectivity index is 1.03. The summed E-state index contributed by atoms with van der Waals surface area (Å²) in [5.41, 5.74) is -1.28. The van der Waals surface area contributed by atoms with E-state index in [1.54, 1.807) is 6.92 Å². The van der Waals surface area contributed by atoms with Crippen molar-refractivity contribution in [3.63, 3.8) is 0 Å². The molecule has 0 bridgehead atoms. The molecule has 0 aromatic carbocycles. The highest BCUT2D eigenvalue weighted by Crippen LogP contribution is 2.76. The minimum Gasteiger partial charge on any atom is -0.432 e. The van der Waals surface area contributed by atoms with Crippen LogP contribution in [0.3, 0.4) is 0 Å². The van der Waals surface area contributed by atoms with Crippen molar-refractivity contribution in [2.75, 3.05) is 19.8 Å². The van der Waals surface area contributed by atoms with Crippen molar-refractivity contribution in [1.82, 2.24) is 0 Å². The van der Waals surface area contributed by atoms with Crippen LogP contribution in [0.1, 0.15) is 113 Å².